The fourth-order valence-corrected chi connectivity index (χ4v) is 2.96. The number of fused-ring (bicyclic) bond motifs is 3. The number of benzene rings is 3. The summed E-state index contributed by atoms with van der Waals surface area (Å²) < 4.78 is 26.0. The van der Waals surface area contributed by atoms with Gasteiger partial charge in [0.2, 0.25) is 6.79 Å². The van der Waals surface area contributed by atoms with Gasteiger partial charge in [-0.15, -0.1) is 0 Å². The summed E-state index contributed by atoms with van der Waals surface area (Å²) >= 11 is 0. The van der Waals surface area contributed by atoms with Crippen molar-refractivity contribution in [2.75, 3.05) is 26.6 Å². The predicted molar refractivity (Wildman–Crippen MR) is 106 cm³/mol. The summed E-state index contributed by atoms with van der Waals surface area (Å²) in [6, 6.07) is 23.5. The van der Waals surface area contributed by atoms with E-state index < -0.39 is 0 Å². The topological polar surface area (TPSA) is 46.2 Å². The molecule has 0 N–H and O–H groups in total. The third kappa shape index (κ3) is 4.49. The van der Waals surface area contributed by atoms with Crippen molar-refractivity contribution in [3.8, 4) is 28.7 Å². The molecule has 0 bridgehead atoms. The monoisotopic (exact) mass is 378 g/mol. The van der Waals surface area contributed by atoms with Gasteiger partial charge in [0.1, 0.15) is 19.0 Å². The minimum Gasteiger partial charge on any atom is -0.493 e. The van der Waals surface area contributed by atoms with Gasteiger partial charge in [-0.2, -0.15) is 0 Å². The van der Waals surface area contributed by atoms with E-state index in [4.69, 9.17) is 23.7 Å². The molecule has 3 aromatic rings. The summed E-state index contributed by atoms with van der Waals surface area (Å²) in [5.41, 5.74) is 1.34. The SMILES string of the molecule is c1ccc2c(c1)CCO2.c1ccc2c(c1)OCCO2.c1ccc2c(c1)OCO2. The van der Waals surface area contributed by atoms with Crippen LogP contribution in [0.4, 0.5) is 0 Å². The zero-order valence-electron chi connectivity index (χ0n) is 15.5. The minimum absolute atomic E-state index is 0.360. The van der Waals surface area contributed by atoms with E-state index in [-0.39, 0.29) is 0 Å². The summed E-state index contributed by atoms with van der Waals surface area (Å²) in [5.74, 6) is 4.47. The molecule has 0 fully saturated rings. The van der Waals surface area contributed by atoms with Gasteiger partial charge in [0, 0.05) is 6.42 Å². The molecule has 0 atom stereocenters. The maximum atomic E-state index is 5.30. The summed E-state index contributed by atoms with van der Waals surface area (Å²) in [7, 11) is 0. The zero-order valence-corrected chi connectivity index (χ0v) is 15.5. The Morgan fingerprint density at radius 1 is 0.429 bits per heavy atom. The van der Waals surface area contributed by atoms with E-state index >= 15 is 0 Å². The molecule has 0 unspecified atom stereocenters. The van der Waals surface area contributed by atoms with E-state index in [0.29, 0.717) is 20.0 Å². The second-order valence-electron chi connectivity index (χ2n) is 6.20. The van der Waals surface area contributed by atoms with Crippen molar-refractivity contribution in [2.45, 2.75) is 6.42 Å². The van der Waals surface area contributed by atoms with Crippen molar-refractivity contribution in [3.05, 3.63) is 78.4 Å². The van der Waals surface area contributed by atoms with Gasteiger partial charge in [-0.3, -0.25) is 0 Å². The zero-order chi connectivity index (χ0) is 19.0. The lowest BCUT2D eigenvalue weighted by Gasteiger charge is -2.17. The first-order valence-electron chi connectivity index (χ1n) is 9.30. The van der Waals surface area contributed by atoms with Crippen LogP contribution in [0.2, 0.25) is 0 Å². The van der Waals surface area contributed by atoms with Crippen molar-refractivity contribution < 1.29 is 23.7 Å². The van der Waals surface area contributed by atoms with Gasteiger partial charge < -0.3 is 23.7 Å². The Morgan fingerprint density at radius 3 is 1.39 bits per heavy atom. The molecule has 0 saturated heterocycles. The highest BCUT2D eigenvalue weighted by Gasteiger charge is 2.10. The normalized spacial score (nSPS) is 14.4. The number of para-hydroxylation sites is 5. The van der Waals surface area contributed by atoms with Crippen LogP contribution in [0.15, 0.2) is 72.8 Å². The first kappa shape index (κ1) is 18.0. The molecule has 5 nitrogen and oxygen atoms in total. The fraction of sp³-hybridized carbons (Fsp3) is 0.217. The highest BCUT2D eigenvalue weighted by Crippen LogP contribution is 2.30. The third-order valence-corrected chi connectivity index (χ3v) is 4.33. The van der Waals surface area contributed by atoms with E-state index in [0.717, 1.165) is 41.8 Å². The average molecular weight is 378 g/mol. The van der Waals surface area contributed by atoms with Gasteiger partial charge in [-0.05, 0) is 35.9 Å². The number of rotatable bonds is 0. The van der Waals surface area contributed by atoms with Crippen LogP contribution < -0.4 is 23.7 Å². The quantitative estimate of drug-likeness (QED) is 0.577. The number of hydrogen-bond acceptors (Lipinski definition) is 5. The Morgan fingerprint density at radius 2 is 0.857 bits per heavy atom. The minimum atomic E-state index is 0.360. The third-order valence-electron chi connectivity index (χ3n) is 4.33. The maximum absolute atomic E-state index is 5.30. The molecule has 3 aromatic carbocycles. The van der Waals surface area contributed by atoms with Gasteiger partial charge in [-0.25, -0.2) is 0 Å². The molecule has 3 aliphatic rings. The van der Waals surface area contributed by atoms with Crippen LogP contribution in [0.3, 0.4) is 0 Å². The van der Waals surface area contributed by atoms with Crippen LogP contribution in [0.5, 0.6) is 28.7 Å². The van der Waals surface area contributed by atoms with Crippen molar-refractivity contribution in [1.82, 2.24) is 0 Å². The molecule has 0 amide bonds. The second-order valence-corrected chi connectivity index (χ2v) is 6.20. The summed E-state index contributed by atoms with van der Waals surface area (Å²) in [6.45, 7) is 2.55. The first-order chi connectivity index (χ1) is 13.9. The van der Waals surface area contributed by atoms with Gasteiger partial charge in [0.05, 0.1) is 6.61 Å². The van der Waals surface area contributed by atoms with Gasteiger partial charge in [0.25, 0.3) is 0 Å². The predicted octanol–water partition coefficient (Wildman–Crippen LogP) is 4.49. The first-order valence-corrected chi connectivity index (χ1v) is 9.30. The van der Waals surface area contributed by atoms with Crippen LogP contribution >= 0.6 is 0 Å². The lowest BCUT2D eigenvalue weighted by atomic mass is 10.2. The summed E-state index contributed by atoms with van der Waals surface area (Å²) in [4.78, 5) is 0. The molecule has 5 heteroatoms. The molecular formula is C23H22O5. The summed E-state index contributed by atoms with van der Waals surface area (Å²) in [6.07, 6.45) is 1.08. The van der Waals surface area contributed by atoms with Gasteiger partial charge >= 0.3 is 0 Å². The Balaban J connectivity index is 0.000000103. The van der Waals surface area contributed by atoms with E-state index in [9.17, 15) is 0 Å². The van der Waals surface area contributed by atoms with E-state index in [1.165, 1.54) is 5.56 Å². The second kappa shape index (κ2) is 9.04. The van der Waals surface area contributed by atoms with Crippen molar-refractivity contribution in [2.24, 2.45) is 0 Å². The van der Waals surface area contributed by atoms with Crippen LogP contribution in [-0.4, -0.2) is 26.6 Å². The van der Waals surface area contributed by atoms with Gasteiger partial charge in [0.15, 0.2) is 23.0 Å². The lowest BCUT2D eigenvalue weighted by molar-refractivity contribution is 0.171. The largest absolute Gasteiger partial charge is 0.493 e. The average Bonchev–Trinajstić information content (AvgIpc) is 3.44. The molecule has 28 heavy (non-hydrogen) atoms. The van der Waals surface area contributed by atoms with Crippen molar-refractivity contribution >= 4 is 0 Å². The molecule has 0 saturated carbocycles. The van der Waals surface area contributed by atoms with Crippen LogP contribution in [0.1, 0.15) is 5.56 Å². The Bertz CT molecular complexity index is 788. The number of hydrogen-bond donors (Lipinski definition) is 0. The molecule has 0 aromatic heterocycles. The Kier molecular flexibility index (Phi) is 5.83. The fourth-order valence-electron chi connectivity index (χ4n) is 2.96. The van der Waals surface area contributed by atoms with Crippen LogP contribution in [-0.2, 0) is 6.42 Å². The van der Waals surface area contributed by atoms with E-state index in [1.807, 2.05) is 66.7 Å². The lowest BCUT2D eigenvalue weighted by Crippen LogP contribution is -2.14. The van der Waals surface area contributed by atoms with Crippen molar-refractivity contribution in [1.29, 1.82) is 0 Å². The van der Waals surface area contributed by atoms with E-state index in [1.54, 1.807) is 0 Å². The molecule has 3 heterocycles. The van der Waals surface area contributed by atoms with Crippen LogP contribution in [0.25, 0.3) is 0 Å². The standard InChI is InChI=1S/C8H8O2.C8H8O.C7H6O2/c1-2-4-8-7(3-1)9-5-6-10-8;1-2-4-8-7(3-1)5-6-9-8;1-2-4-7-6(3-1)8-5-9-7/h1-4H,5-6H2;1-4H,5-6H2;1-4H,5H2. The van der Waals surface area contributed by atoms with Crippen LogP contribution in [0, 0.1) is 0 Å². The molecule has 0 radical (unpaired) electrons. The Labute approximate surface area is 164 Å². The molecule has 6 rings (SSSR count). The maximum Gasteiger partial charge on any atom is 0.231 e. The molecule has 144 valence electrons. The molecular weight excluding hydrogens is 356 g/mol. The smallest absolute Gasteiger partial charge is 0.231 e. The van der Waals surface area contributed by atoms with Crippen molar-refractivity contribution in [3.63, 3.8) is 0 Å². The molecule has 3 aliphatic heterocycles. The number of ether oxygens (including phenoxy) is 5. The Hall–Kier alpha value is -3.34. The van der Waals surface area contributed by atoms with Gasteiger partial charge in [-0.1, -0.05) is 42.5 Å². The molecule has 0 spiro atoms. The summed E-state index contributed by atoms with van der Waals surface area (Å²) in [5, 5.41) is 0. The highest BCUT2D eigenvalue weighted by atomic mass is 16.7. The molecule has 0 aliphatic carbocycles. The highest BCUT2D eigenvalue weighted by molar-refractivity contribution is 5.41. The van der Waals surface area contributed by atoms with E-state index in [2.05, 4.69) is 6.07 Å².